The first-order valence-corrected chi connectivity index (χ1v) is 4.82. The highest BCUT2D eigenvalue weighted by atomic mass is 16.3. The zero-order valence-electron chi connectivity index (χ0n) is 8.65. The Bertz CT molecular complexity index is 196. The lowest BCUT2D eigenvalue weighted by molar-refractivity contribution is 0.111. The fourth-order valence-corrected chi connectivity index (χ4v) is 2.18. The molecule has 1 heteroatoms. The SMILES string of the molecule is CC1=C(C(C)(C)O)CC[C@@H](C)C1. The predicted octanol–water partition coefficient (Wildman–Crippen LogP) is 2.89. The molecular formula is C11H20O. The average Bonchev–Trinajstić information content (AvgIpc) is 1.83. The lowest BCUT2D eigenvalue weighted by Crippen LogP contribution is -2.26. The molecule has 0 unspecified atom stereocenters. The Morgan fingerprint density at radius 1 is 1.42 bits per heavy atom. The van der Waals surface area contributed by atoms with E-state index in [0.29, 0.717) is 0 Å². The summed E-state index contributed by atoms with van der Waals surface area (Å²) in [5.74, 6) is 0.802. The van der Waals surface area contributed by atoms with Crippen LogP contribution in [0.2, 0.25) is 0 Å². The van der Waals surface area contributed by atoms with Crippen LogP contribution in [-0.4, -0.2) is 10.7 Å². The maximum atomic E-state index is 9.84. The van der Waals surface area contributed by atoms with Crippen LogP contribution in [0.25, 0.3) is 0 Å². The molecule has 0 radical (unpaired) electrons. The van der Waals surface area contributed by atoms with Crippen molar-refractivity contribution in [3.63, 3.8) is 0 Å². The summed E-state index contributed by atoms with van der Waals surface area (Å²) in [4.78, 5) is 0. The van der Waals surface area contributed by atoms with Gasteiger partial charge in [0.1, 0.15) is 0 Å². The van der Waals surface area contributed by atoms with E-state index in [9.17, 15) is 5.11 Å². The van der Waals surface area contributed by atoms with E-state index in [1.165, 1.54) is 24.0 Å². The molecule has 70 valence electrons. The minimum Gasteiger partial charge on any atom is -0.386 e. The molecule has 0 bridgehead atoms. The minimum absolute atomic E-state index is 0.593. The van der Waals surface area contributed by atoms with Crippen LogP contribution in [0, 0.1) is 5.92 Å². The summed E-state index contributed by atoms with van der Waals surface area (Å²) in [6, 6.07) is 0. The van der Waals surface area contributed by atoms with Gasteiger partial charge in [0, 0.05) is 0 Å². The van der Waals surface area contributed by atoms with Crippen LogP contribution >= 0.6 is 0 Å². The van der Waals surface area contributed by atoms with Crippen molar-refractivity contribution in [1.29, 1.82) is 0 Å². The Hall–Kier alpha value is -0.300. The Kier molecular flexibility index (Phi) is 2.62. The van der Waals surface area contributed by atoms with Crippen LogP contribution in [0.5, 0.6) is 0 Å². The largest absolute Gasteiger partial charge is 0.386 e. The van der Waals surface area contributed by atoms with E-state index in [-0.39, 0.29) is 0 Å². The second-order valence-electron chi connectivity index (χ2n) is 4.67. The molecule has 0 saturated carbocycles. The van der Waals surface area contributed by atoms with Gasteiger partial charge in [-0.05, 0) is 51.5 Å². The Labute approximate surface area is 75.5 Å². The van der Waals surface area contributed by atoms with Crippen LogP contribution in [0.3, 0.4) is 0 Å². The Balaban J connectivity index is 2.83. The van der Waals surface area contributed by atoms with Gasteiger partial charge in [-0.2, -0.15) is 0 Å². The van der Waals surface area contributed by atoms with E-state index >= 15 is 0 Å². The van der Waals surface area contributed by atoms with Crippen molar-refractivity contribution in [2.75, 3.05) is 0 Å². The Morgan fingerprint density at radius 3 is 2.42 bits per heavy atom. The van der Waals surface area contributed by atoms with Crippen molar-refractivity contribution in [2.45, 2.75) is 52.6 Å². The van der Waals surface area contributed by atoms with Crippen LogP contribution in [0.1, 0.15) is 47.0 Å². The summed E-state index contributed by atoms with van der Waals surface area (Å²) in [7, 11) is 0. The molecule has 1 aliphatic carbocycles. The lowest BCUT2D eigenvalue weighted by Gasteiger charge is -2.30. The third-order valence-corrected chi connectivity index (χ3v) is 2.80. The summed E-state index contributed by atoms with van der Waals surface area (Å²) < 4.78 is 0. The van der Waals surface area contributed by atoms with E-state index < -0.39 is 5.60 Å². The number of allylic oxidation sites excluding steroid dienone is 1. The van der Waals surface area contributed by atoms with Gasteiger partial charge < -0.3 is 5.11 Å². The summed E-state index contributed by atoms with van der Waals surface area (Å²) >= 11 is 0. The molecule has 0 fully saturated rings. The van der Waals surface area contributed by atoms with Gasteiger partial charge in [-0.25, -0.2) is 0 Å². The highest BCUT2D eigenvalue weighted by Crippen LogP contribution is 2.34. The van der Waals surface area contributed by atoms with E-state index in [2.05, 4.69) is 13.8 Å². The van der Waals surface area contributed by atoms with Gasteiger partial charge in [-0.1, -0.05) is 12.5 Å². The molecule has 1 atom stereocenters. The minimum atomic E-state index is -0.593. The number of rotatable bonds is 1. The van der Waals surface area contributed by atoms with Gasteiger partial charge in [-0.15, -0.1) is 0 Å². The summed E-state index contributed by atoms with van der Waals surface area (Å²) in [5.41, 5.74) is 2.08. The highest BCUT2D eigenvalue weighted by Gasteiger charge is 2.25. The molecule has 0 amide bonds. The van der Waals surface area contributed by atoms with Crippen LogP contribution in [0.15, 0.2) is 11.1 Å². The van der Waals surface area contributed by atoms with Gasteiger partial charge in [0.2, 0.25) is 0 Å². The summed E-state index contributed by atoms with van der Waals surface area (Å²) in [6.45, 7) is 8.22. The quantitative estimate of drug-likeness (QED) is 0.597. The third-order valence-electron chi connectivity index (χ3n) is 2.80. The second-order valence-corrected chi connectivity index (χ2v) is 4.67. The smallest absolute Gasteiger partial charge is 0.0803 e. The van der Waals surface area contributed by atoms with Crippen molar-refractivity contribution < 1.29 is 5.11 Å². The van der Waals surface area contributed by atoms with Crippen LogP contribution < -0.4 is 0 Å². The van der Waals surface area contributed by atoms with Gasteiger partial charge in [0.05, 0.1) is 5.60 Å². The molecule has 12 heavy (non-hydrogen) atoms. The topological polar surface area (TPSA) is 20.2 Å². The maximum absolute atomic E-state index is 9.84. The normalized spacial score (nSPS) is 26.2. The molecule has 0 aromatic carbocycles. The lowest BCUT2D eigenvalue weighted by atomic mass is 9.79. The molecule has 0 saturated heterocycles. The first-order chi connectivity index (χ1) is 5.41. The molecule has 0 heterocycles. The third kappa shape index (κ3) is 2.10. The zero-order chi connectivity index (χ0) is 9.35. The van der Waals surface area contributed by atoms with Gasteiger partial charge in [0.25, 0.3) is 0 Å². The highest BCUT2D eigenvalue weighted by molar-refractivity contribution is 5.23. The van der Waals surface area contributed by atoms with Crippen molar-refractivity contribution >= 4 is 0 Å². The van der Waals surface area contributed by atoms with Crippen LogP contribution in [0.4, 0.5) is 0 Å². The molecule has 1 rings (SSSR count). The first kappa shape index (κ1) is 9.79. The predicted molar refractivity (Wildman–Crippen MR) is 52.0 cm³/mol. The molecule has 1 aliphatic rings. The van der Waals surface area contributed by atoms with Gasteiger partial charge in [0.15, 0.2) is 0 Å². The maximum Gasteiger partial charge on any atom is 0.0803 e. The molecular weight excluding hydrogens is 148 g/mol. The molecule has 1 N–H and O–H groups in total. The second kappa shape index (κ2) is 3.21. The van der Waals surface area contributed by atoms with Crippen molar-refractivity contribution in [1.82, 2.24) is 0 Å². The van der Waals surface area contributed by atoms with Gasteiger partial charge >= 0.3 is 0 Å². The fourth-order valence-electron chi connectivity index (χ4n) is 2.18. The zero-order valence-corrected chi connectivity index (χ0v) is 8.65. The van der Waals surface area contributed by atoms with E-state index in [1.807, 2.05) is 13.8 Å². The monoisotopic (exact) mass is 168 g/mol. The van der Waals surface area contributed by atoms with E-state index in [0.717, 1.165) is 12.3 Å². The molecule has 0 spiro atoms. The average molecular weight is 168 g/mol. The van der Waals surface area contributed by atoms with Gasteiger partial charge in [-0.3, -0.25) is 0 Å². The number of hydrogen-bond acceptors (Lipinski definition) is 1. The standard InChI is InChI=1S/C11H20O/c1-8-5-6-10(9(2)7-8)11(3,4)12/h8,12H,5-7H2,1-4H3/t8-/m1/s1. The number of hydrogen-bond donors (Lipinski definition) is 1. The van der Waals surface area contributed by atoms with Crippen LogP contribution in [-0.2, 0) is 0 Å². The van der Waals surface area contributed by atoms with Crippen molar-refractivity contribution in [2.24, 2.45) is 5.92 Å². The molecule has 0 aromatic heterocycles. The summed E-state index contributed by atoms with van der Waals surface area (Å²) in [6.07, 6.45) is 3.48. The molecule has 0 aromatic rings. The summed E-state index contributed by atoms with van der Waals surface area (Å²) in [5, 5.41) is 9.84. The van der Waals surface area contributed by atoms with E-state index in [4.69, 9.17) is 0 Å². The first-order valence-electron chi connectivity index (χ1n) is 4.82. The van der Waals surface area contributed by atoms with Crippen molar-refractivity contribution in [3.8, 4) is 0 Å². The fraction of sp³-hybridized carbons (Fsp3) is 0.818. The van der Waals surface area contributed by atoms with Crippen molar-refractivity contribution in [3.05, 3.63) is 11.1 Å². The molecule has 0 aliphatic heterocycles. The number of aliphatic hydroxyl groups is 1. The van der Waals surface area contributed by atoms with E-state index in [1.54, 1.807) is 0 Å². The molecule has 1 nitrogen and oxygen atoms in total. The Morgan fingerprint density at radius 2 is 2.00 bits per heavy atom.